The van der Waals surface area contributed by atoms with Gasteiger partial charge in [-0.1, -0.05) is 24.3 Å². The molecule has 2 aliphatic heterocycles. The molecular formula is C25H27N5O4. The Labute approximate surface area is 197 Å². The summed E-state index contributed by atoms with van der Waals surface area (Å²) in [6.45, 7) is 2.10. The number of rotatable bonds is 0. The topological polar surface area (TPSA) is 120 Å². The minimum absolute atomic E-state index is 0.00600. The molecule has 2 amide bonds. The molecule has 3 heterocycles. The molecule has 5 rings (SSSR count). The molecule has 1 aromatic heterocycles. The van der Waals surface area contributed by atoms with E-state index in [4.69, 9.17) is 15.2 Å². The molecule has 0 saturated heterocycles. The van der Waals surface area contributed by atoms with Gasteiger partial charge in [-0.2, -0.15) is 0 Å². The highest BCUT2D eigenvalue weighted by Crippen LogP contribution is 2.26. The molecule has 0 radical (unpaired) electrons. The van der Waals surface area contributed by atoms with Crippen LogP contribution in [0.3, 0.4) is 0 Å². The van der Waals surface area contributed by atoms with Gasteiger partial charge in [-0.15, -0.1) is 0 Å². The Balaban J connectivity index is 1.65. The van der Waals surface area contributed by atoms with Gasteiger partial charge in [-0.3, -0.25) is 9.59 Å². The number of carbonyl (C=O) groups is 2. The van der Waals surface area contributed by atoms with Gasteiger partial charge in [0, 0.05) is 44.4 Å². The van der Waals surface area contributed by atoms with Crippen molar-refractivity contribution in [3.05, 3.63) is 66.0 Å². The Hall–Kier alpha value is -3.98. The van der Waals surface area contributed by atoms with Gasteiger partial charge < -0.3 is 25.4 Å². The number of nitrogens with one attached hydrogen (secondary N) is 1. The van der Waals surface area contributed by atoms with Gasteiger partial charge in [0.1, 0.15) is 5.75 Å². The maximum atomic E-state index is 13.0. The van der Waals surface area contributed by atoms with E-state index in [1.807, 2.05) is 6.07 Å². The largest absolute Gasteiger partial charge is 0.491 e. The van der Waals surface area contributed by atoms with Crippen LogP contribution in [-0.4, -0.2) is 60.1 Å². The molecule has 0 atom stereocenters. The van der Waals surface area contributed by atoms with Crippen molar-refractivity contribution >= 4 is 23.3 Å². The highest BCUT2D eigenvalue weighted by Gasteiger charge is 2.18. The summed E-state index contributed by atoms with van der Waals surface area (Å²) in [5.74, 6) is -0.0126. The minimum atomic E-state index is -0.495. The van der Waals surface area contributed by atoms with Crippen molar-refractivity contribution in [2.45, 2.75) is 12.8 Å². The molecule has 0 unspecified atom stereocenters. The lowest BCUT2D eigenvalue weighted by atomic mass is 10.1. The van der Waals surface area contributed by atoms with Crippen molar-refractivity contribution in [3.63, 3.8) is 0 Å². The van der Waals surface area contributed by atoms with Crippen molar-refractivity contribution in [1.29, 1.82) is 0 Å². The molecule has 0 aliphatic carbocycles. The number of carbonyl (C=O) groups excluding carboxylic acids is 2. The summed E-state index contributed by atoms with van der Waals surface area (Å²) in [5.41, 5.74) is 8.23. The normalized spacial score (nSPS) is 15.6. The van der Waals surface area contributed by atoms with E-state index in [1.165, 1.54) is 6.20 Å². The van der Waals surface area contributed by atoms with Crippen LogP contribution in [0.15, 0.2) is 54.7 Å². The second-order valence-corrected chi connectivity index (χ2v) is 7.91. The van der Waals surface area contributed by atoms with Crippen LogP contribution >= 0.6 is 0 Å². The fourth-order valence-corrected chi connectivity index (χ4v) is 3.54. The first kappa shape index (κ1) is 23.2. The van der Waals surface area contributed by atoms with Crippen molar-refractivity contribution in [2.75, 3.05) is 44.5 Å². The maximum absolute atomic E-state index is 13.0. The lowest BCUT2D eigenvalue weighted by Gasteiger charge is -2.17. The fourth-order valence-electron chi connectivity index (χ4n) is 3.54. The average Bonchev–Trinajstić information content (AvgIpc) is 2.85. The van der Waals surface area contributed by atoms with Crippen LogP contribution in [0, 0.1) is 0 Å². The molecule has 3 N–H and O–H groups in total. The zero-order valence-corrected chi connectivity index (χ0v) is 19.0. The minimum Gasteiger partial charge on any atom is -0.491 e. The number of anilines is 2. The second kappa shape index (κ2) is 10.8. The molecule has 9 nitrogen and oxygen atoms in total. The number of hydrogen-bond donors (Lipinski definition) is 2. The second-order valence-electron chi connectivity index (χ2n) is 7.91. The Bertz CT molecular complexity index is 1170. The summed E-state index contributed by atoms with van der Waals surface area (Å²) in [6, 6.07) is 14.2. The summed E-state index contributed by atoms with van der Waals surface area (Å²) in [6.07, 6.45) is 2.92. The Morgan fingerprint density at radius 1 is 0.971 bits per heavy atom. The van der Waals surface area contributed by atoms with Crippen molar-refractivity contribution in [2.24, 2.45) is 0 Å². The number of benzene rings is 2. The molecule has 4 bridgehead atoms. The van der Waals surface area contributed by atoms with Gasteiger partial charge in [-0.25, -0.2) is 9.97 Å². The number of fused-ring (bicyclic) bond motifs is 12. The molecule has 0 spiro atoms. The average molecular weight is 462 g/mol. The van der Waals surface area contributed by atoms with Crippen LogP contribution in [-0.2, 0) is 4.74 Å². The van der Waals surface area contributed by atoms with E-state index < -0.39 is 5.91 Å². The Kier molecular flexibility index (Phi) is 7.34. The van der Waals surface area contributed by atoms with Gasteiger partial charge >= 0.3 is 0 Å². The summed E-state index contributed by atoms with van der Waals surface area (Å²) in [4.78, 5) is 36.0. The summed E-state index contributed by atoms with van der Waals surface area (Å²) < 4.78 is 11.5. The van der Waals surface area contributed by atoms with Crippen LogP contribution in [0.2, 0.25) is 0 Å². The van der Waals surface area contributed by atoms with Gasteiger partial charge in [0.05, 0.1) is 24.2 Å². The number of nitrogens with zero attached hydrogens (tertiary/aromatic N) is 3. The van der Waals surface area contributed by atoms with Crippen LogP contribution in [0.4, 0.5) is 11.5 Å². The number of nitrogens with two attached hydrogens (primary N) is 1. The van der Waals surface area contributed by atoms with Crippen molar-refractivity contribution < 1.29 is 19.1 Å². The zero-order valence-electron chi connectivity index (χ0n) is 19.0. The zero-order chi connectivity index (χ0) is 23.9. The number of nitrogen functional groups attached to an aromatic ring is 1. The smallest absolute Gasteiger partial charge is 0.278 e. The summed E-state index contributed by atoms with van der Waals surface area (Å²) in [5, 5.41) is 2.82. The number of ether oxygens (including phenoxy) is 2. The van der Waals surface area contributed by atoms with Crippen LogP contribution in [0.25, 0.3) is 11.3 Å². The van der Waals surface area contributed by atoms with Crippen LogP contribution in [0.5, 0.6) is 5.75 Å². The maximum Gasteiger partial charge on any atom is 0.278 e. The highest BCUT2D eigenvalue weighted by atomic mass is 16.5. The third kappa shape index (κ3) is 5.49. The first-order valence-electron chi connectivity index (χ1n) is 11.1. The predicted octanol–water partition coefficient (Wildman–Crippen LogP) is 3.24. The molecule has 0 fully saturated rings. The molecule has 34 heavy (non-hydrogen) atoms. The van der Waals surface area contributed by atoms with E-state index in [9.17, 15) is 9.59 Å². The number of hydrogen-bond acceptors (Lipinski definition) is 7. The molecule has 176 valence electrons. The third-order valence-electron chi connectivity index (χ3n) is 5.40. The molecule has 3 aromatic rings. The van der Waals surface area contributed by atoms with E-state index in [1.54, 1.807) is 54.4 Å². The first-order chi connectivity index (χ1) is 16.5. The van der Waals surface area contributed by atoms with E-state index in [0.717, 1.165) is 6.42 Å². The number of aromatic nitrogens is 2. The standard InChI is InChI=1S/C25H27N5O4/c1-30-12-4-13-33-14-5-15-34-21-7-3-2-6-19(21)29-24(31)22-23(26)27-16-20(28-22)17-8-10-18(11-9-17)25(30)32/h2-3,6-11,16H,4-5,12-15H2,1H3,(H2,26,27)(H,29,31). The van der Waals surface area contributed by atoms with Crippen LogP contribution in [0.1, 0.15) is 33.7 Å². The molecular weight excluding hydrogens is 434 g/mol. The van der Waals surface area contributed by atoms with Crippen LogP contribution < -0.4 is 15.8 Å². The molecule has 0 saturated carbocycles. The lowest BCUT2D eigenvalue weighted by Crippen LogP contribution is -2.28. The highest BCUT2D eigenvalue weighted by molar-refractivity contribution is 6.06. The van der Waals surface area contributed by atoms with E-state index in [2.05, 4.69) is 15.3 Å². The van der Waals surface area contributed by atoms with Gasteiger partial charge in [0.2, 0.25) is 0 Å². The van der Waals surface area contributed by atoms with E-state index >= 15 is 0 Å². The fraction of sp³-hybridized carbons (Fsp3) is 0.280. The quantitative estimate of drug-likeness (QED) is 0.527. The molecule has 9 heteroatoms. The van der Waals surface area contributed by atoms with Gasteiger partial charge in [-0.05, 0) is 30.7 Å². The Morgan fingerprint density at radius 3 is 2.53 bits per heavy atom. The summed E-state index contributed by atoms with van der Waals surface area (Å²) >= 11 is 0. The predicted molar refractivity (Wildman–Crippen MR) is 129 cm³/mol. The molecule has 2 aliphatic rings. The third-order valence-corrected chi connectivity index (χ3v) is 5.40. The lowest BCUT2D eigenvalue weighted by molar-refractivity contribution is 0.0756. The SMILES string of the molecule is CN1CCCOCCCOc2ccccc2NC(=O)c2nc(cnc2N)-c2ccc(cc2)C1=O. The van der Waals surface area contributed by atoms with Crippen molar-refractivity contribution in [1.82, 2.24) is 14.9 Å². The van der Waals surface area contributed by atoms with E-state index in [0.29, 0.717) is 61.0 Å². The molecule has 2 aromatic carbocycles. The summed E-state index contributed by atoms with van der Waals surface area (Å²) in [7, 11) is 1.77. The van der Waals surface area contributed by atoms with Crippen molar-refractivity contribution in [3.8, 4) is 17.0 Å². The number of para-hydroxylation sites is 2. The monoisotopic (exact) mass is 461 g/mol. The van der Waals surface area contributed by atoms with Gasteiger partial charge in [0.25, 0.3) is 11.8 Å². The Morgan fingerprint density at radius 2 is 1.71 bits per heavy atom. The van der Waals surface area contributed by atoms with E-state index in [-0.39, 0.29) is 17.4 Å². The first-order valence-corrected chi connectivity index (χ1v) is 11.1. The number of amides is 2. The van der Waals surface area contributed by atoms with Gasteiger partial charge in [0.15, 0.2) is 11.5 Å².